The van der Waals surface area contributed by atoms with E-state index in [1.165, 1.54) is 18.9 Å². The summed E-state index contributed by atoms with van der Waals surface area (Å²) in [4.78, 5) is 20.6. The Labute approximate surface area is 115 Å². The highest BCUT2D eigenvalue weighted by atomic mass is 32.2. The second kappa shape index (κ2) is 5.71. The van der Waals surface area contributed by atoms with E-state index in [4.69, 9.17) is 5.73 Å². The van der Waals surface area contributed by atoms with Gasteiger partial charge in [0, 0.05) is 22.5 Å². The number of rotatable bonds is 3. The van der Waals surface area contributed by atoms with Crippen molar-refractivity contribution in [3.63, 3.8) is 0 Å². The summed E-state index contributed by atoms with van der Waals surface area (Å²) in [5, 5.41) is 0.591. The molecule has 0 radical (unpaired) electrons. The fourth-order valence-corrected chi connectivity index (χ4v) is 2.31. The van der Waals surface area contributed by atoms with Gasteiger partial charge in [0.1, 0.15) is 0 Å². The molecule has 0 unspecified atom stereocenters. The minimum absolute atomic E-state index is 0.396. The van der Waals surface area contributed by atoms with Crippen LogP contribution < -0.4 is 5.73 Å². The maximum absolute atomic E-state index is 11.5. The number of anilines is 1. The van der Waals surface area contributed by atoms with Crippen LogP contribution in [0, 0.1) is 6.92 Å². The summed E-state index contributed by atoms with van der Waals surface area (Å²) < 4.78 is 4.68. The molecule has 0 atom stereocenters. The summed E-state index contributed by atoms with van der Waals surface area (Å²) in [5.41, 5.74) is 7.79. The molecule has 0 aliphatic carbocycles. The van der Waals surface area contributed by atoms with Crippen molar-refractivity contribution >= 4 is 23.4 Å². The highest BCUT2D eigenvalue weighted by molar-refractivity contribution is 7.99. The summed E-state index contributed by atoms with van der Waals surface area (Å²) in [5.74, 6) is -0.396. The van der Waals surface area contributed by atoms with Crippen molar-refractivity contribution in [2.24, 2.45) is 0 Å². The summed E-state index contributed by atoms with van der Waals surface area (Å²) >= 11 is 1.32. The van der Waals surface area contributed by atoms with Crippen molar-refractivity contribution in [2.75, 3.05) is 12.8 Å². The van der Waals surface area contributed by atoms with Gasteiger partial charge in [-0.15, -0.1) is 0 Å². The number of methoxy groups -OCH3 is 1. The maximum Gasteiger partial charge on any atom is 0.337 e. The van der Waals surface area contributed by atoms with Crippen LogP contribution >= 0.6 is 11.8 Å². The first-order valence-electron chi connectivity index (χ1n) is 5.55. The van der Waals surface area contributed by atoms with Gasteiger partial charge in [-0.3, -0.25) is 0 Å². The number of hydrogen-bond acceptors (Lipinski definition) is 6. The van der Waals surface area contributed by atoms with Crippen molar-refractivity contribution in [3.05, 3.63) is 41.7 Å². The van der Waals surface area contributed by atoms with Crippen molar-refractivity contribution < 1.29 is 9.53 Å². The summed E-state index contributed by atoms with van der Waals surface area (Å²) in [6, 6.07) is 6.79. The van der Waals surface area contributed by atoms with Crippen LogP contribution in [-0.4, -0.2) is 23.0 Å². The Morgan fingerprint density at radius 1 is 1.37 bits per heavy atom. The Morgan fingerprint density at radius 2 is 2.16 bits per heavy atom. The lowest BCUT2D eigenvalue weighted by molar-refractivity contribution is 0.0600. The molecule has 0 aliphatic heterocycles. The zero-order valence-electron chi connectivity index (χ0n) is 10.6. The molecule has 1 heterocycles. The number of nitrogen functional groups attached to an aromatic ring is 1. The van der Waals surface area contributed by atoms with Crippen LogP contribution in [0.5, 0.6) is 0 Å². The van der Waals surface area contributed by atoms with E-state index in [9.17, 15) is 4.79 Å². The standard InChI is InChI=1S/C13H13N3O2S/c1-8-5-6-15-13(16-8)19-11-7-9(12(17)18-2)3-4-10(11)14/h3-7H,14H2,1-2H3. The molecule has 98 valence electrons. The SMILES string of the molecule is COC(=O)c1ccc(N)c(Sc2nccc(C)n2)c1. The number of carbonyl (C=O) groups excluding carboxylic acids is 1. The second-order valence-electron chi connectivity index (χ2n) is 3.83. The summed E-state index contributed by atoms with van der Waals surface area (Å²) in [6.07, 6.45) is 1.69. The van der Waals surface area contributed by atoms with E-state index in [-0.39, 0.29) is 0 Å². The topological polar surface area (TPSA) is 78.1 Å². The molecule has 0 aliphatic rings. The lowest BCUT2D eigenvalue weighted by Gasteiger charge is -2.06. The molecule has 0 amide bonds. The molecule has 0 saturated carbocycles. The van der Waals surface area contributed by atoms with Crippen LogP contribution in [0.2, 0.25) is 0 Å². The monoisotopic (exact) mass is 275 g/mol. The number of ether oxygens (including phenoxy) is 1. The zero-order chi connectivity index (χ0) is 13.8. The Morgan fingerprint density at radius 3 is 2.84 bits per heavy atom. The lowest BCUT2D eigenvalue weighted by atomic mass is 10.2. The van der Waals surface area contributed by atoms with Crippen LogP contribution in [-0.2, 0) is 4.74 Å². The van der Waals surface area contributed by atoms with E-state index in [1.54, 1.807) is 24.4 Å². The van der Waals surface area contributed by atoms with Crippen molar-refractivity contribution in [1.82, 2.24) is 9.97 Å². The smallest absolute Gasteiger partial charge is 0.337 e. The molecule has 2 aromatic rings. The number of aromatic nitrogens is 2. The summed E-state index contributed by atoms with van der Waals surface area (Å²) in [6.45, 7) is 1.89. The predicted molar refractivity (Wildman–Crippen MR) is 73.1 cm³/mol. The third-order valence-electron chi connectivity index (χ3n) is 2.41. The molecule has 0 fully saturated rings. The van der Waals surface area contributed by atoms with Gasteiger partial charge in [0.25, 0.3) is 0 Å². The molecule has 1 aromatic carbocycles. The van der Waals surface area contributed by atoms with Gasteiger partial charge in [-0.25, -0.2) is 14.8 Å². The number of benzene rings is 1. The van der Waals surface area contributed by atoms with Crippen LogP contribution in [0.3, 0.4) is 0 Å². The number of nitrogens with two attached hydrogens (primary N) is 1. The molecular formula is C13H13N3O2S. The number of esters is 1. The molecule has 0 saturated heterocycles. The molecule has 2 N–H and O–H groups in total. The molecule has 19 heavy (non-hydrogen) atoms. The van der Waals surface area contributed by atoms with Gasteiger partial charge < -0.3 is 10.5 Å². The highest BCUT2D eigenvalue weighted by Crippen LogP contribution is 2.30. The first kappa shape index (κ1) is 13.4. The summed E-state index contributed by atoms with van der Waals surface area (Å²) in [7, 11) is 1.34. The Kier molecular flexibility index (Phi) is 4.01. The molecule has 6 heteroatoms. The van der Waals surface area contributed by atoms with Gasteiger partial charge in [0.15, 0.2) is 5.16 Å². The van der Waals surface area contributed by atoms with Gasteiger partial charge in [-0.1, -0.05) is 0 Å². The minimum Gasteiger partial charge on any atom is -0.465 e. The Bertz CT molecular complexity index is 617. The fourth-order valence-electron chi connectivity index (χ4n) is 1.44. The number of hydrogen-bond donors (Lipinski definition) is 1. The maximum atomic E-state index is 11.5. The molecule has 0 bridgehead atoms. The minimum atomic E-state index is -0.396. The van der Waals surface area contributed by atoms with Gasteiger partial charge in [-0.2, -0.15) is 0 Å². The highest BCUT2D eigenvalue weighted by Gasteiger charge is 2.10. The second-order valence-corrected chi connectivity index (χ2v) is 4.84. The van der Waals surface area contributed by atoms with Gasteiger partial charge in [0.2, 0.25) is 0 Å². The van der Waals surface area contributed by atoms with E-state index in [2.05, 4.69) is 14.7 Å². The molecule has 1 aromatic heterocycles. The van der Waals surface area contributed by atoms with Crippen molar-refractivity contribution in [3.8, 4) is 0 Å². The van der Waals surface area contributed by atoms with E-state index < -0.39 is 5.97 Å². The average Bonchev–Trinajstić information content (AvgIpc) is 2.40. The zero-order valence-corrected chi connectivity index (χ0v) is 11.4. The van der Waals surface area contributed by atoms with Crippen molar-refractivity contribution in [2.45, 2.75) is 17.0 Å². The fraction of sp³-hybridized carbons (Fsp3) is 0.154. The van der Waals surface area contributed by atoms with Crippen molar-refractivity contribution in [1.29, 1.82) is 0 Å². The Balaban J connectivity index is 2.31. The van der Waals surface area contributed by atoms with Gasteiger partial charge in [0.05, 0.1) is 12.7 Å². The average molecular weight is 275 g/mol. The molecular weight excluding hydrogens is 262 g/mol. The molecule has 0 spiro atoms. The van der Waals surface area contributed by atoms with Crippen LogP contribution in [0.15, 0.2) is 40.5 Å². The van der Waals surface area contributed by atoms with Crippen LogP contribution in [0.25, 0.3) is 0 Å². The predicted octanol–water partition coefficient (Wildman–Crippen LogP) is 2.31. The largest absolute Gasteiger partial charge is 0.465 e. The molecule has 5 nitrogen and oxygen atoms in total. The number of carbonyl (C=O) groups is 1. The first-order chi connectivity index (χ1) is 9.10. The third-order valence-corrected chi connectivity index (χ3v) is 3.36. The number of nitrogens with zero attached hydrogens (tertiary/aromatic N) is 2. The lowest BCUT2D eigenvalue weighted by Crippen LogP contribution is -2.02. The molecule has 2 rings (SSSR count). The van der Waals surface area contributed by atoms with Crippen LogP contribution in [0.1, 0.15) is 16.1 Å². The quantitative estimate of drug-likeness (QED) is 0.526. The van der Waals surface area contributed by atoms with E-state index in [1.807, 2.05) is 13.0 Å². The normalized spacial score (nSPS) is 10.2. The third kappa shape index (κ3) is 3.23. The van der Waals surface area contributed by atoms with Gasteiger partial charge in [-0.05, 0) is 43.0 Å². The van der Waals surface area contributed by atoms with Gasteiger partial charge >= 0.3 is 5.97 Å². The van der Waals surface area contributed by atoms with Crippen LogP contribution in [0.4, 0.5) is 5.69 Å². The van der Waals surface area contributed by atoms with E-state index in [0.717, 1.165) is 10.6 Å². The Hall–Kier alpha value is -2.08. The first-order valence-corrected chi connectivity index (χ1v) is 6.37. The van der Waals surface area contributed by atoms with E-state index in [0.29, 0.717) is 16.4 Å². The number of aryl methyl sites for hydroxylation is 1. The van der Waals surface area contributed by atoms with E-state index >= 15 is 0 Å².